The predicted octanol–water partition coefficient (Wildman–Crippen LogP) is 2.97. The van der Waals surface area contributed by atoms with Crippen molar-refractivity contribution in [1.29, 1.82) is 0 Å². The predicted molar refractivity (Wildman–Crippen MR) is 81.1 cm³/mol. The van der Waals surface area contributed by atoms with Gasteiger partial charge in [0.2, 0.25) is 0 Å². The van der Waals surface area contributed by atoms with Crippen LogP contribution in [0.25, 0.3) is 0 Å². The van der Waals surface area contributed by atoms with Crippen molar-refractivity contribution in [2.75, 3.05) is 13.7 Å². The molecule has 1 aromatic carbocycles. The maximum absolute atomic E-state index is 13.9. The van der Waals surface area contributed by atoms with Crippen LogP contribution < -0.4 is 10.5 Å². The summed E-state index contributed by atoms with van der Waals surface area (Å²) in [6.07, 6.45) is 0.171. The van der Waals surface area contributed by atoms with E-state index in [1.165, 1.54) is 13.2 Å². The molecule has 0 bridgehead atoms. The Hall–Kier alpha value is -1.82. The smallest absolute Gasteiger partial charge is 0.410 e. The van der Waals surface area contributed by atoms with Crippen molar-refractivity contribution in [3.63, 3.8) is 0 Å². The van der Waals surface area contributed by atoms with Crippen molar-refractivity contribution < 1.29 is 18.7 Å². The highest BCUT2D eigenvalue weighted by molar-refractivity contribution is 5.68. The SMILES string of the molecule is COc1cc2c(cc1F)CN(C(=O)OC(C)(C)C)CC[C@@H]2N. The van der Waals surface area contributed by atoms with E-state index in [0.717, 1.165) is 5.56 Å². The fraction of sp³-hybridized carbons (Fsp3) is 0.562. The van der Waals surface area contributed by atoms with Gasteiger partial charge in [0.05, 0.1) is 7.11 Å². The van der Waals surface area contributed by atoms with Gasteiger partial charge in [0.25, 0.3) is 0 Å². The molecule has 2 rings (SSSR count). The number of methoxy groups -OCH3 is 1. The van der Waals surface area contributed by atoms with Gasteiger partial charge in [0, 0.05) is 19.1 Å². The van der Waals surface area contributed by atoms with E-state index in [0.29, 0.717) is 18.5 Å². The molecule has 1 atom stereocenters. The molecule has 0 saturated carbocycles. The molecule has 0 unspecified atom stereocenters. The molecule has 0 fully saturated rings. The lowest BCUT2D eigenvalue weighted by molar-refractivity contribution is 0.0234. The fourth-order valence-electron chi connectivity index (χ4n) is 2.47. The molecule has 6 heteroatoms. The molecular formula is C16H23FN2O3. The van der Waals surface area contributed by atoms with Gasteiger partial charge in [-0.2, -0.15) is 0 Å². The zero-order valence-electron chi connectivity index (χ0n) is 13.5. The van der Waals surface area contributed by atoms with Crippen LogP contribution in [0.15, 0.2) is 12.1 Å². The molecule has 0 radical (unpaired) electrons. The van der Waals surface area contributed by atoms with Crippen LogP contribution in [0.2, 0.25) is 0 Å². The summed E-state index contributed by atoms with van der Waals surface area (Å²) in [5.41, 5.74) is 7.08. The lowest BCUT2D eigenvalue weighted by Crippen LogP contribution is -2.36. The Bertz CT molecular complexity index is 569. The number of benzene rings is 1. The lowest BCUT2D eigenvalue weighted by Gasteiger charge is -2.26. The van der Waals surface area contributed by atoms with Crippen LogP contribution in [0.4, 0.5) is 9.18 Å². The van der Waals surface area contributed by atoms with Gasteiger partial charge < -0.3 is 20.1 Å². The molecule has 0 aliphatic carbocycles. The summed E-state index contributed by atoms with van der Waals surface area (Å²) < 4.78 is 24.3. The molecule has 0 spiro atoms. The number of hydrogen-bond donors (Lipinski definition) is 1. The third-order valence-electron chi connectivity index (χ3n) is 3.54. The van der Waals surface area contributed by atoms with Crippen molar-refractivity contribution in [2.24, 2.45) is 5.73 Å². The minimum atomic E-state index is -0.570. The van der Waals surface area contributed by atoms with E-state index in [2.05, 4.69) is 0 Å². The van der Waals surface area contributed by atoms with Gasteiger partial charge in [0.1, 0.15) is 5.60 Å². The van der Waals surface area contributed by atoms with Gasteiger partial charge in [-0.05, 0) is 50.5 Å². The van der Waals surface area contributed by atoms with Crippen LogP contribution in [0, 0.1) is 5.82 Å². The molecular weight excluding hydrogens is 287 g/mol. The highest BCUT2D eigenvalue weighted by atomic mass is 19.1. The van der Waals surface area contributed by atoms with Gasteiger partial charge in [-0.15, -0.1) is 0 Å². The summed E-state index contributed by atoms with van der Waals surface area (Å²) in [5.74, 6) is -0.292. The number of carbonyl (C=O) groups is 1. The Morgan fingerprint density at radius 2 is 2.09 bits per heavy atom. The van der Waals surface area contributed by atoms with E-state index in [4.69, 9.17) is 15.2 Å². The third kappa shape index (κ3) is 3.68. The van der Waals surface area contributed by atoms with E-state index < -0.39 is 17.5 Å². The first-order valence-corrected chi connectivity index (χ1v) is 7.31. The van der Waals surface area contributed by atoms with Gasteiger partial charge in [-0.3, -0.25) is 0 Å². The highest BCUT2D eigenvalue weighted by Gasteiger charge is 2.28. The maximum Gasteiger partial charge on any atom is 0.410 e. The van der Waals surface area contributed by atoms with Crippen LogP contribution in [-0.2, 0) is 11.3 Å². The second-order valence-electron chi connectivity index (χ2n) is 6.48. The minimum absolute atomic E-state index is 0.167. The van der Waals surface area contributed by atoms with Crippen LogP contribution in [0.1, 0.15) is 44.4 Å². The Labute approximate surface area is 130 Å². The Morgan fingerprint density at radius 3 is 2.68 bits per heavy atom. The number of rotatable bonds is 1. The molecule has 0 aromatic heterocycles. The number of nitrogens with two attached hydrogens (primary N) is 1. The molecule has 1 heterocycles. The van der Waals surface area contributed by atoms with Crippen molar-refractivity contribution in [3.8, 4) is 5.75 Å². The third-order valence-corrected chi connectivity index (χ3v) is 3.54. The van der Waals surface area contributed by atoms with Gasteiger partial charge in [-0.1, -0.05) is 0 Å². The largest absolute Gasteiger partial charge is 0.494 e. The van der Waals surface area contributed by atoms with Crippen molar-refractivity contribution in [2.45, 2.75) is 45.4 Å². The van der Waals surface area contributed by atoms with Gasteiger partial charge in [0.15, 0.2) is 11.6 Å². The first-order chi connectivity index (χ1) is 10.2. The monoisotopic (exact) mass is 310 g/mol. The minimum Gasteiger partial charge on any atom is -0.494 e. The molecule has 0 saturated heterocycles. The van der Waals surface area contributed by atoms with Crippen molar-refractivity contribution in [1.82, 2.24) is 4.90 Å². The molecule has 5 nitrogen and oxygen atoms in total. The highest BCUT2D eigenvalue weighted by Crippen LogP contribution is 2.31. The molecule has 1 aliphatic heterocycles. The van der Waals surface area contributed by atoms with Crippen molar-refractivity contribution in [3.05, 3.63) is 29.1 Å². The van der Waals surface area contributed by atoms with Crippen LogP contribution in [0.3, 0.4) is 0 Å². The van der Waals surface area contributed by atoms with Crippen LogP contribution >= 0.6 is 0 Å². The van der Waals surface area contributed by atoms with E-state index in [-0.39, 0.29) is 18.3 Å². The topological polar surface area (TPSA) is 64.8 Å². The Kier molecular flexibility index (Phi) is 4.60. The quantitative estimate of drug-likeness (QED) is 0.866. The normalized spacial score (nSPS) is 18.5. The average Bonchev–Trinajstić information content (AvgIpc) is 2.55. The van der Waals surface area contributed by atoms with E-state index in [1.807, 2.05) is 20.8 Å². The molecule has 2 N–H and O–H groups in total. The standard InChI is InChI=1S/C16H23FN2O3/c1-16(2,3)22-15(20)19-6-5-13(18)11-8-14(21-4)12(17)7-10(11)9-19/h7-8,13H,5-6,9,18H2,1-4H3/t13-/m0/s1. The maximum atomic E-state index is 13.9. The summed E-state index contributed by atoms with van der Waals surface area (Å²) >= 11 is 0. The number of halogens is 1. The molecule has 22 heavy (non-hydrogen) atoms. The zero-order valence-corrected chi connectivity index (χ0v) is 13.5. The van der Waals surface area contributed by atoms with Gasteiger partial charge in [-0.25, -0.2) is 9.18 Å². The zero-order chi connectivity index (χ0) is 16.5. The second kappa shape index (κ2) is 6.12. The Morgan fingerprint density at radius 1 is 1.41 bits per heavy atom. The molecule has 1 aromatic rings. The van der Waals surface area contributed by atoms with Crippen LogP contribution in [-0.4, -0.2) is 30.2 Å². The lowest BCUT2D eigenvalue weighted by atomic mass is 9.99. The first-order valence-electron chi connectivity index (χ1n) is 7.31. The summed E-state index contributed by atoms with van der Waals surface area (Å²) in [7, 11) is 1.42. The van der Waals surface area contributed by atoms with Crippen molar-refractivity contribution >= 4 is 6.09 Å². The summed E-state index contributed by atoms with van der Waals surface area (Å²) in [5, 5.41) is 0. The fourth-order valence-corrected chi connectivity index (χ4v) is 2.47. The molecule has 122 valence electrons. The summed E-state index contributed by atoms with van der Waals surface area (Å²) in [4.78, 5) is 13.8. The number of ether oxygens (including phenoxy) is 2. The van der Waals surface area contributed by atoms with Crippen LogP contribution in [0.5, 0.6) is 5.75 Å². The van der Waals surface area contributed by atoms with E-state index in [9.17, 15) is 9.18 Å². The summed E-state index contributed by atoms with van der Waals surface area (Å²) in [6, 6.07) is 2.74. The number of carbonyl (C=O) groups excluding carboxylic acids is 1. The first kappa shape index (κ1) is 16.5. The molecule has 1 aliphatic rings. The van der Waals surface area contributed by atoms with E-state index >= 15 is 0 Å². The number of nitrogens with zero attached hydrogens (tertiary/aromatic N) is 1. The number of amides is 1. The summed E-state index contributed by atoms with van der Waals surface area (Å²) in [6.45, 7) is 6.18. The van der Waals surface area contributed by atoms with Gasteiger partial charge >= 0.3 is 6.09 Å². The molecule has 1 amide bonds. The second-order valence-corrected chi connectivity index (χ2v) is 6.48. The number of hydrogen-bond acceptors (Lipinski definition) is 4. The average molecular weight is 310 g/mol. The van der Waals surface area contributed by atoms with E-state index in [1.54, 1.807) is 11.0 Å². The Balaban J connectivity index is 2.28. The number of fused-ring (bicyclic) bond motifs is 1.